The number of hydrazine groups is 1. The second-order valence-corrected chi connectivity index (χ2v) is 9.09. The predicted molar refractivity (Wildman–Crippen MR) is 127 cm³/mol. The summed E-state index contributed by atoms with van der Waals surface area (Å²) < 4.78 is 15.8. The van der Waals surface area contributed by atoms with Crippen LogP contribution in [0.5, 0.6) is 11.5 Å². The lowest BCUT2D eigenvalue weighted by molar-refractivity contribution is -0.142. The van der Waals surface area contributed by atoms with Gasteiger partial charge in [0.2, 0.25) is 0 Å². The van der Waals surface area contributed by atoms with Gasteiger partial charge in [-0.1, -0.05) is 29.4 Å². The molecule has 3 rings (SSSR count). The maximum absolute atomic E-state index is 12.8. The number of nitrogens with zero attached hydrogens (tertiary/aromatic N) is 1. The van der Waals surface area contributed by atoms with Crippen LogP contribution in [-0.4, -0.2) is 47.4 Å². The molecule has 2 aromatic rings. The molecule has 168 valence electrons. The van der Waals surface area contributed by atoms with Crippen molar-refractivity contribution in [2.45, 2.75) is 6.92 Å². The maximum Gasteiger partial charge on any atom is 0.343 e. The fourth-order valence-corrected chi connectivity index (χ4v) is 4.61. The number of carbonyl (C=O) groups excluding carboxylic acids is 3. The average Bonchev–Trinajstić information content (AvgIpc) is 3.38. The molecule has 0 bridgehead atoms. The highest BCUT2D eigenvalue weighted by Gasteiger charge is 2.34. The standard InChI is InChI=1S/C20H17ClN2O6S3/c1-3-28-13-8-11(7-12(21)17(13)29-10-16(24)27-2)9-15-19(26)23(20(30)32-15)22-18(25)14-5-4-6-31-14/h4-9H,3,10H2,1-2H3,(H,22,25)/b15-9-. The third-order valence-electron chi connectivity index (χ3n) is 3.94. The Morgan fingerprint density at radius 2 is 2.09 bits per heavy atom. The summed E-state index contributed by atoms with van der Waals surface area (Å²) in [6, 6.07) is 6.57. The van der Waals surface area contributed by atoms with Crippen molar-refractivity contribution in [2.75, 3.05) is 20.3 Å². The summed E-state index contributed by atoms with van der Waals surface area (Å²) in [7, 11) is 1.25. The minimum absolute atomic E-state index is 0.187. The summed E-state index contributed by atoms with van der Waals surface area (Å²) in [5.41, 5.74) is 3.07. The molecule has 1 aromatic carbocycles. The van der Waals surface area contributed by atoms with Gasteiger partial charge in [0.15, 0.2) is 22.4 Å². The molecule has 0 spiro atoms. The number of methoxy groups -OCH3 is 1. The van der Waals surface area contributed by atoms with Gasteiger partial charge in [0, 0.05) is 0 Å². The van der Waals surface area contributed by atoms with Crippen LogP contribution in [0.1, 0.15) is 22.2 Å². The van der Waals surface area contributed by atoms with Crippen molar-refractivity contribution >= 4 is 75.1 Å². The number of thioether (sulfide) groups is 1. The summed E-state index contributed by atoms with van der Waals surface area (Å²) in [4.78, 5) is 37.2. The lowest BCUT2D eigenvalue weighted by Gasteiger charge is -2.15. The van der Waals surface area contributed by atoms with Crippen molar-refractivity contribution in [3.05, 3.63) is 50.0 Å². The summed E-state index contributed by atoms with van der Waals surface area (Å²) in [5.74, 6) is -0.972. The van der Waals surface area contributed by atoms with Crippen LogP contribution in [0.25, 0.3) is 6.08 Å². The first kappa shape index (κ1) is 24.1. The van der Waals surface area contributed by atoms with E-state index in [1.54, 1.807) is 42.6 Å². The molecule has 0 atom stereocenters. The Labute approximate surface area is 202 Å². The number of carbonyl (C=O) groups is 3. The summed E-state index contributed by atoms with van der Waals surface area (Å²) in [6.07, 6.45) is 1.58. The van der Waals surface area contributed by atoms with Gasteiger partial charge in [-0.25, -0.2) is 4.79 Å². The zero-order valence-electron chi connectivity index (χ0n) is 16.9. The van der Waals surface area contributed by atoms with Crippen LogP contribution >= 0.6 is 46.9 Å². The van der Waals surface area contributed by atoms with Crippen LogP contribution in [0.4, 0.5) is 0 Å². The fourth-order valence-electron chi connectivity index (χ4n) is 2.54. The third-order valence-corrected chi connectivity index (χ3v) is 6.40. The Bertz CT molecular complexity index is 1090. The normalized spacial score (nSPS) is 14.6. The number of hydrogen-bond donors (Lipinski definition) is 1. The highest BCUT2D eigenvalue weighted by atomic mass is 35.5. The minimum Gasteiger partial charge on any atom is -0.490 e. The number of esters is 1. The molecule has 1 N–H and O–H groups in total. The van der Waals surface area contributed by atoms with Gasteiger partial charge in [0.25, 0.3) is 11.8 Å². The second-order valence-electron chi connectivity index (χ2n) is 6.06. The smallest absolute Gasteiger partial charge is 0.343 e. The van der Waals surface area contributed by atoms with Crippen molar-refractivity contribution < 1.29 is 28.6 Å². The molecule has 8 nitrogen and oxygen atoms in total. The first-order valence-electron chi connectivity index (χ1n) is 9.12. The van der Waals surface area contributed by atoms with Gasteiger partial charge in [-0.15, -0.1) is 11.3 Å². The molecule has 2 heterocycles. The quantitative estimate of drug-likeness (QED) is 0.323. The molecule has 32 heavy (non-hydrogen) atoms. The Balaban J connectivity index is 1.82. The van der Waals surface area contributed by atoms with Gasteiger partial charge in [-0.05, 0) is 54.4 Å². The number of halogens is 1. The molecular weight excluding hydrogens is 496 g/mol. The number of nitrogens with one attached hydrogen (secondary N) is 1. The van der Waals surface area contributed by atoms with E-state index in [1.165, 1.54) is 18.4 Å². The molecule has 2 amide bonds. The molecule has 0 saturated carbocycles. The van der Waals surface area contributed by atoms with E-state index in [9.17, 15) is 14.4 Å². The fraction of sp³-hybridized carbons (Fsp3) is 0.200. The minimum atomic E-state index is -0.569. The average molecular weight is 513 g/mol. The number of hydrogen-bond acceptors (Lipinski definition) is 9. The van der Waals surface area contributed by atoms with E-state index in [4.69, 9.17) is 33.3 Å². The van der Waals surface area contributed by atoms with Crippen LogP contribution in [-0.2, 0) is 14.3 Å². The van der Waals surface area contributed by atoms with Crippen LogP contribution in [0.3, 0.4) is 0 Å². The van der Waals surface area contributed by atoms with E-state index < -0.39 is 17.8 Å². The third kappa shape index (κ3) is 5.60. The number of amides is 2. The van der Waals surface area contributed by atoms with Crippen LogP contribution in [0.2, 0.25) is 5.02 Å². The van der Waals surface area contributed by atoms with E-state index in [0.717, 1.165) is 16.8 Å². The Morgan fingerprint density at radius 1 is 1.31 bits per heavy atom. The Kier molecular flexibility index (Phi) is 8.13. The van der Waals surface area contributed by atoms with Gasteiger partial charge in [-0.2, -0.15) is 5.01 Å². The number of benzene rings is 1. The molecule has 1 aliphatic heterocycles. The van der Waals surface area contributed by atoms with E-state index in [2.05, 4.69) is 10.2 Å². The van der Waals surface area contributed by atoms with Crippen molar-refractivity contribution in [2.24, 2.45) is 0 Å². The van der Waals surface area contributed by atoms with Crippen LogP contribution < -0.4 is 14.9 Å². The van der Waals surface area contributed by atoms with Crippen molar-refractivity contribution in [3.63, 3.8) is 0 Å². The number of thiocarbonyl (C=S) groups is 1. The number of thiophene rings is 1. The first-order chi connectivity index (χ1) is 15.3. The molecule has 1 aliphatic rings. The van der Waals surface area contributed by atoms with Crippen molar-refractivity contribution in [1.29, 1.82) is 0 Å². The molecule has 0 aliphatic carbocycles. The highest BCUT2D eigenvalue weighted by Crippen LogP contribution is 2.39. The van der Waals surface area contributed by atoms with Crippen molar-refractivity contribution in [1.82, 2.24) is 10.4 Å². The van der Waals surface area contributed by atoms with Gasteiger partial charge >= 0.3 is 5.97 Å². The van der Waals surface area contributed by atoms with E-state index in [-0.39, 0.29) is 21.7 Å². The van der Waals surface area contributed by atoms with Gasteiger partial charge in [0.1, 0.15) is 0 Å². The maximum atomic E-state index is 12.8. The predicted octanol–water partition coefficient (Wildman–Crippen LogP) is 3.90. The lowest BCUT2D eigenvalue weighted by atomic mass is 10.2. The molecular formula is C20H17ClN2O6S3. The van der Waals surface area contributed by atoms with Crippen LogP contribution in [0, 0.1) is 0 Å². The van der Waals surface area contributed by atoms with Crippen molar-refractivity contribution in [3.8, 4) is 11.5 Å². The summed E-state index contributed by atoms with van der Waals surface area (Å²) >= 11 is 13.9. The highest BCUT2D eigenvalue weighted by molar-refractivity contribution is 8.26. The zero-order valence-corrected chi connectivity index (χ0v) is 20.1. The summed E-state index contributed by atoms with van der Waals surface area (Å²) in [5, 5.41) is 2.98. The molecule has 1 aromatic heterocycles. The lowest BCUT2D eigenvalue weighted by Crippen LogP contribution is -2.44. The first-order valence-corrected chi connectivity index (χ1v) is 11.6. The topological polar surface area (TPSA) is 94.2 Å². The van der Waals surface area contributed by atoms with E-state index >= 15 is 0 Å². The van der Waals surface area contributed by atoms with Gasteiger partial charge in [0.05, 0.1) is 28.5 Å². The molecule has 1 fully saturated rings. The Morgan fingerprint density at radius 3 is 2.75 bits per heavy atom. The largest absolute Gasteiger partial charge is 0.490 e. The van der Waals surface area contributed by atoms with Gasteiger partial charge in [-0.3, -0.25) is 15.0 Å². The molecule has 12 heteroatoms. The zero-order chi connectivity index (χ0) is 23.3. The SMILES string of the molecule is CCOc1cc(/C=C2\SC(=S)N(NC(=O)c3cccs3)C2=O)cc(Cl)c1OCC(=O)OC. The Hall–Kier alpha value is -2.60. The monoisotopic (exact) mass is 512 g/mol. The number of rotatable bonds is 8. The second kappa shape index (κ2) is 10.8. The molecule has 1 saturated heterocycles. The van der Waals surface area contributed by atoms with E-state index in [1.807, 2.05) is 0 Å². The molecule has 0 radical (unpaired) electrons. The number of ether oxygens (including phenoxy) is 3. The van der Waals surface area contributed by atoms with E-state index in [0.29, 0.717) is 27.7 Å². The van der Waals surface area contributed by atoms with Gasteiger partial charge < -0.3 is 14.2 Å². The molecule has 0 unspecified atom stereocenters. The summed E-state index contributed by atoms with van der Waals surface area (Å²) in [6.45, 7) is 1.77. The van der Waals surface area contributed by atoms with Crippen LogP contribution in [0.15, 0.2) is 34.6 Å².